The molecule has 1 aromatic carbocycles. The second-order valence-corrected chi connectivity index (χ2v) is 11.9. The van der Waals surface area contributed by atoms with Crippen LogP contribution in [0.25, 0.3) is 0 Å². The minimum absolute atomic E-state index is 0.0423. The number of rotatable bonds is 7. The molecule has 0 spiro atoms. The van der Waals surface area contributed by atoms with Gasteiger partial charge < -0.3 is 14.8 Å². The van der Waals surface area contributed by atoms with Gasteiger partial charge in [0.1, 0.15) is 5.82 Å². The molecule has 2 fully saturated rings. The normalized spacial score (nSPS) is 19.0. The number of aromatic nitrogens is 2. The topological polar surface area (TPSA) is 87.5 Å². The zero-order valence-electron chi connectivity index (χ0n) is 19.4. The number of anilines is 1. The molecular formula is C23H33N5O3S2. The number of nitrogens with zero attached hydrogens (tertiary/aromatic N) is 4. The Hall–Kier alpha value is -1.88. The van der Waals surface area contributed by atoms with Crippen LogP contribution in [0.3, 0.4) is 0 Å². The first-order valence-corrected chi connectivity index (χ1v) is 14.1. The Morgan fingerprint density at radius 1 is 1.12 bits per heavy atom. The summed E-state index contributed by atoms with van der Waals surface area (Å²) in [6, 6.07) is 8.08. The Morgan fingerprint density at radius 3 is 2.39 bits per heavy atom. The molecule has 33 heavy (non-hydrogen) atoms. The van der Waals surface area contributed by atoms with Gasteiger partial charge in [-0.2, -0.15) is 16.1 Å². The molecule has 180 valence electrons. The highest BCUT2D eigenvalue weighted by atomic mass is 32.2. The Morgan fingerprint density at radius 2 is 1.79 bits per heavy atom. The van der Waals surface area contributed by atoms with Crippen LogP contribution in [-0.2, 0) is 28.3 Å². The lowest BCUT2D eigenvalue weighted by molar-refractivity contribution is -0.120. The zero-order chi connectivity index (χ0) is 23.4. The molecule has 2 aliphatic heterocycles. The van der Waals surface area contributed by atoms with Crippen molar-refractivity contribution in [2.75, 3.05) is 49.5 Å². The quantitative estimate of drug-likeness (QED) is 0.640. The van der Waals surface area contributed by atoms with Crippen LogP contribution in [0.4, 0.5) is 5.69 Å². The van der Waals surface area contributed by atoms with Crippen LogP contribution >= 0.6 is 11.8 Å². The SMILES string of the molecule is Cc1nc(S(=O)(=O)N2CCC(C(=O)Nc3ccc(CCN4CCSCC4)cc3)CC2)cn1C. The van der Waals surface area contributed by atoms with Crippen molar-refractivity contribution in [3.05, 3.63) is 41.9 Å². The molecule has 3 heterocycles. The van der Waals surface area contributed by atoms with Gasteiger partial charge in [-0.1, -0.05) is 12.1 Å². The summed E-state index contributed by atoms with van der Waals surface area (Å²) < 4.78 is 28.8. The highest BCUT2D eigenvalue weighted by Gasteiger charge is 2.33. The van der Waals surface area contributed by atoms with E-state index in [1.807, 2.05) is 23.9 Å². The molecule has 1 N–H and O–H groups in total. The van der Waals surface area contributed by atoms with Crippen molar-refractivity contribution in [3.8, 4) is 0 Å². The van der Waals surface area contributed by atoms with Crippen LogP contribution in [0.15, 0.2) is 35.5 Å². The van der Waals surface area contributed by atoms with Gasteiger partial charge in [0.15, 0.2) is 5.03 Å². The predicted molar refractivity (Wildman–Crippen MR) is 132 cm³/mol. The van der Waals surface area contributed by atoms with E-state index in [1.54, 1.807) is 24.7 Å². The fourth-order valence-electron chi connectivity index (χ4n) is 4.25. The molecule has 2 aliphatic rings. The number of hydrogen-bond donors (Lipinski definition) is 1. The molecule has 0 saturated carbocycles. The molecule has 1 aromatic heterocycles. The second-order valence-electron chi connectivity index (χ2n) is 8.81. The number of imidazole rings is 1. The lowest BCUT2D eigenvalue weighted by Gasteiger charge is -2.30. The number of carbonyl (C=O) groups excluding carboxylic acids is 1. The van der Waals surface area contributed by atoms with Crippen LogP contribution in [-0.4, -0.2) is 77.3 Å². The number of amides is 1. The van der Waals surface area contributed by atoms with Crippen molar-refractivity contribution in [1.82, 2.24) is 18.8 Å². The second kappa shape index (κ2) is 10.6. The summed E-state index contributed by atoms with van der Waals surface area (Å²) >= 11 is 2.02. The van der Waals surface area contributed by atoms with E-state index in [0.717, 1.165) is 18.7 Å². The zero-order valence-corrected chi connectivity index (χ0v) is 21.0. The Balaban J connectivity index is 1.25. The monoisotopic (exact) mass is 491 g/mol. The maximum absolute atomic E-state index is 12.9. The lowest BCUT2D eigenvalue weighted by Crippen LogP contribution is -2.41. The van der Waals surface area contributed by atoms with Crippen LogP contribution < -0.4 is 5.32 Å². The number of aryl methyl sites for hydroxylation is 2. The number of nitrogens with one attached hydrogen (secondary N) is 1. The van der Waals surface area contributed by atoms with Gasteiger partial charge in [-0.15, -0.1) is 0 Å². The third-order valence-corrected chi connectivity index (χ3v) is 9.27. The first-order chi connectivity index (χ1) is 15.8. The van der Waals surface area contributed by atoms with Crippen molar-refractivity contribution in [1.29, 1.82) is 0 Å². The van der Waals surface area contributed by atoms with Gasteiger partial charge in [-0.3, -0.25) is 4.79 Å². The van der Waals surface area contributed by atoms with Crippen molar-refractivity contribution in [2.45, 2.75) is 31.2 Å². The number of piperidine rings is 1. The van der Waals surface area contributed by atoms with E-state index in [2.05, 4.69) is 27.3 Å². The summed E-state index contributed by atoms with van der Waals surface area (Å²) in [5, 5.41) is 3.08. The van der Waals surface area contributed by atoms with Crippen molar-refractivity contribution < 1.29 is 13.2 Å². The van der Waals surface area contributed by atoms with Gasteiger partial charge in [-0.25, -0.2) is 13.4 Å². The highest BCUT2D eigenvalue weighted by molar-refractivity contribution is 7.99. The third-order valence-electron chi connectivity index (χ3n) is 6.56. The van der Waals surface area contributed by atoms with Crippen molar-refractivity contribution in [2.24, 2.45) is 13.0 Å². The molecule has 10 heteroatoms. The molecule has 0 unspecified atom stereocenters. The van der Waals surface area contributed by atoms with Gasteiger partial charge >= 0.3 is 0 Å². The molecule has 4 rings (SSSR count). The van der Waals surface area contributed by atoms with E-state index < -0.39 is 10.0 Å². The van der Waals surface area contributed by atoms with E-state index in [0.29, 0.717) is 31.8 Å². The smallest absolute Gasteiger partial charge is 0.262 e. The largest absolute Gasteiger partial charge is 0.337 e. The summed E-state index contributed by atoms with van der Waals surface area (Å²) in [6.45, 7) is 5.83. The summed E-state index contributed by atoms with van der Waals surface area (Å²) in [4.78, 5) is 19.4. The van der Waals surface area contributed by atoms with E-state index in [1.165, 1.54) is 34.5 Å². The number of hydrogen-bond acceptors (Lipinski definition) is 6. The minimum Gasteiger partial charge on any atom is -0.337 e. The average Bonchev–Trinajstić information content (AvgIpc) is 3.18. The molecule has 2 aromatic rings. The van der Waals surface area contributed by atoms with Crippen LogP contribution in [0.5, 0.6) is 0 Å². The molecule has 0 atom stereocenters. The van der Waals surface area contributed by atoms with E-state index in [4.69, 9.17) is 0 Å². The van der Waals surface area contributed by atoms with Crippen molar-refractivity contribution in [3.63, 3.8) is 0 Å². The maximum Gasteiger partial charge on any atom is 0.262 e. The Bertz CT molecular complexity index is 1030. The first-order valence-electron chi connectivity index (χ1n) is 11.5. The van der Waals surface area contributed by atoms with E-state index in [9.17, 15) is 13.2 Å². The van der Waals surface area contributed by atoms with Crippen LogP contribution in [0.2, 0.25) is 0 Å². The highest BCUT2D eigenvalue weighted by Crippen LogP contribution is 2.25. The summed E-state index contributed by atoms with van der Waals surface area (Å²) in [6.07, 6.45) is 3.56. The third kappa shape index (κ3) is 5.98. The fraction of sp³-hybridized carbons (Fsp3) is 0.565. The summed E-state index contributed by atoms with van der Waals surface area (Å²) in [5.74, 6) is 2.86. The molecule has 8 nitrogen and oxygen atoms in total. The van der Waals surface area contributed by atoms with Crippen LogP contribution in [0.1, 0.15) is 24.2 Å². The molecular weight excluding hydrogens is 458 g/mol. The average molecular weight is 492 g/mol. The summed E-state index contributed by atoms with van der Waals surface area (Å²) in [5.41, 5.74) is 2.06. The number of thioether (sulfide) groups is 1. The molecule has 0 radical (unpaired) electrons. The first kappa shape index (κ1) is 24.3. The Kier molecular flexibility index (Phi) is 7.78. The molecule has 1 amide bonds. The van der Waals surface area contributed by atoms with Gasteiger partial charge in [0.05, 0.1) is 0 Å². The van der Waals surface area contributed by atoms with E-state index >= 15 is 0 Å². The van der Waals surface area contributed by atoms with Gasteiger partial charge in [0.2, 0.25) is 5.91 Å². The summed E-state index contributed by atoms with van der Waals surface area (Å²) in [7, 11) is -1.85. The number of carbonyl (C=O) groups is 1. The number of sulfonamides is 1. The maximum atomic E-state index is 12.9. The molecule has 0 aliphatic carbocycles. The van der Waals surface area contributed by atoms with E-state index in [-0.39, 0.29) is 16.9 Å². The van der Waals surface area contributed by atoms with Gasteiger partial charge in [0.25, 0.3) is 10.0 Å². The van der Waals surface area contributed by atoms with Crippen molar-refractivity contribution >= 4 is 33.4 Å². The fourth-order valence-corrected chi connectivity index (χ4v) is 6.73. The van der Waals surface area contributed by atoms with Gasteiger partial charge in [-0.05, 0) is 43.9 Å². The minimum atomic E-state index is -3.63. The molecule has 2 saturated heterocycles. The Labute approximate surface area is 200 Å². The predicted octanol–water partition coefficient (Wildman–Crippen LogP) is 2.36. The van der Waals surface area contributed by atoms with Crippen LogP contribution in [0, 0.1) is 12.8 Å². The standard InChI is InChI=1S/C23H33N5O3S2/c1-18-24-22(17-26(18)2)33(30,31)28-11-8-20(9-12-28)23(29)25-21-5-3-19(4-6-21)7-10-27-13-15-32-16-14-27/h3-6,17,20H,7-16H2,1-2H3,(H,25,29). The molecule has 0 bridgehead atoms. The lowest BCUT2D eigenvalue weighted by atomic mass is 9.97. The van der Waals surface area contributed by atoms with Gasteiger partial charge in [0, 0.05) is 69.1 Å². The number of benzene rings is 1.